The van der Waals surface area contributed by atoms with Gasteiger partial charge in [0, 0.05) is 13.1 Å². The van der Waals surface area contributed by atoms with Crippen molar-refractivity contribution in [3.8, 4) is 23.0 Å². The van der Waals surface area contributed by atoms with Crippen LogP contribution in [0.3, 0.4) is 0 Å². The molecule has 2 rings (SSSR count). The summed E-state index contributed by atoms with van der Waals surface area (Å²) in [7, 11) is 0. The lowest BCUT2D eigenvalue weighted by atomic mass is 10.2. The number of nitrogens with one attached hydrogen (secondary N) is 2. The van der Waals surface area contributed by atoms with Crippen molar-refractivity contribution < 1.29 is 29.3 Å². The van der Waals surface area contributed by atoms with E-state index in [2.05, 4.69) is 10.6 Å². The standard InChI is InChI=1S/C22H28N2O6/c1-13-5-7-19(17(25)11-13)29-21(27)15(3)23-9-10-24-16(4)22(28)30-20-8-6-14(2)12-18(20)26/h5-8,11-12,15-16,23-26H,9-10H2,1-4H3/t15-,16-/m0/s1. The van der Waals surface area contributed by atoms with Crippen LogP contribution in [0.4, 0.5) is 0 Å². The van der Waals surface area contributed by atoms with Gasteiger partial charge in [-0.2, -0.15) is 0 Å². The van der Waals surface area contributed by atoms with Gasteiger partial charge in [0.05, 0.1) is 0 Å². The first-order valence-corrected chi connectivity index (χ1v) is 9.66. The fourth-order valence-electron chi connectivity index (χ4n) is 2.56. The van der Waals surface area contributed by atoms with E-state index < -0.39 is 24.0 Å². The molecule has 162 valence electrons. The Morgan fingerprint density at radius 2 is 1.17 bits per heavy atom. The van der Waals surface area contributed by atoms with Gasteiger partial charge >= 0.3 is 11.9 Å². The molecule has 4 N–H and O–H groups in total. The first-order chi connectivity index (χ1) is 14.2. The first kappa shape index (κ1) is 23.2. The highest BCUT2D eigenvalue weighted by Crippen LogP contribution is 2.27. The molecule has 0 aliphatic rings. The molecule has 0 saturated heterocycles. The van der Waals surface area contributed by atoms with Gasteiger partial charge in [-0.15, -0.1) is 0 Å². The second-order valence-corrected chi connectivity index (χ2v) is 7.14. The normalized spacial score (nSPS) is 12.8. The molecule has 0 amide bonds. The van der Waals surface area contributed by atoms with Crippen molar-refractivity contribution in [1.29, 1.82) is 0 Å². The Morgan fingerprint density at radius 3 is 1.50 bits per heavy atom. The van der Waals surface area contributed by atoms with Gasteiger partial charge in [-0.05, 0) is 63.1 Å². The number of aryl methyl sites for hydroxylation is 2. The van der Waals surface area contributed by atoms with Crippen LogP contribution in [0, 0.1) is 13.8 Å². The molecule has 0 aliphatic carbocycles. The largest absolute Gasteiger partial charge is 0.504 e. The van der Waals surface area contributed by atoms with Crippen molar-refractivity contribution in [2.45, 2.75) is 39.8 Å². The predicted molar refractivity (Wildman–Crippen MR) is 112 cm³/mol. The van der Waals surface area contributed by atoms with Crippen molar-refractivity contribution in [2.75, 3.05) is 13.1 Å². The smallest absolute Gasteiger partial charge is 0.328 e. The molecule has 0 unspecified atom stereocenters. The molecule has 0 heterocycles. The van der Waals surface area contributed by atoms with Gasteiger partial charge in [0.1, 0.15) is 12.1 Å². The SMILES string of the molecule is Cc1ccc(OC(=O)[C@H](C)NCCN[C@@H](C)C(=O)Oc2ccc(C)cc2O)c(O)c1. The van der Waals surface area contributed by atoms with Crippen LogP contribution in [0.1, 0.15) is 25.0 Å². The maximum Gasteiger partial charge on any atom is 0.328 e. The lowest BCUT2D eigenvalue weighted by Gasteiger charge is -2.16. The highest BCUT2D eigenvalue weighted by Gasteiger charge is 2.18. The molecular formula is C22H28N2O6. The van der Waals surface area contributed by atoms with E-state index in [1.54, 1.807) is 26.0 Å². The topological polar surface area (TPSA) is 117 Å². The monoisotopic (exact) mass is 416 g/mol. The molecule has 0 aromatic heterocycles. The Balaban J connectivity index is 1.72. The van der Waals surface area contributed by atoms with Crippen LogP contribution >= 0.6 is 0 Å². The lowest BCUT2D eigenvalue weighted by Crippen LogP contribution is -2.44. The average molecular weight is 416 g/mol. The first-order valence-electron chi connectivity index (χ1n) is 9.66. The number of carbonyl (C=O) groups excluding carboxylic acids is 2. The molecule has 2 aromatic carbocycles. The highest BCUT2D eigenvalue weighted by molar-refractivity contribution is 5.79. The maximum absolute atomic E-state index is 12.1. The van der Waals surface area contributed by atoms with E-state index in [-0.39, 0.29) is 23.0 Å². The zero-order valence-electron chi connectivity index (χ0n) is 17.6. The van der Waals surface area contributed by atoms with Crippen LogP contribution in [-0.4, -0.2) is 47.3 Å². The Bertz CT molecular complexity index is 826. The number of rotatable bonds is 9. The third-order valence-corrected chi connectivity index (χ3v) is 4.38. The lowest BCUT2D eigenvalue weighted by molar-refractivity contribution is -0.137. The molecule has 0 spiro atoms. The summed E-state index contributed by atoms with van der Waals surface area (Å²) in [6.45, 7) is 7.72. The third-order valence-electron chi connectivity index (χ3n) is 4.38. The Morgan fingerprint density at radius 1 is 0.800 bits per heavy atom. The van der Waals surface area contributed by atoms with Crippen LogP contribution in [0.5, 0.6) is 23.0 Å². The van der Waals surface area contributed by atoms with E-state index in [0.717, 1.165) is 11.1 Å². The van der Waals surface area contributed by atoms with Crippen LogP contribution in [0.2, 0.25) is 0 Å². The van der Waals surface area contributed by atoms with Crippen molar-refractivity contribution in [1.82, 2.24) is 10.6 Å². The van der Waals surface area contributed by atoms with Gasteiger partial charge in [0.25, 0.3) is 0 Å². The highest BCUT2D eigenvalue weighted by atomic mass is 16.5. The van der Waals surface area contributed by atoms with Crippen molar-refractivity contribution in [3.63, 3.8) is 0 Å². The zero-order valence-corrected chi connectivity index (χ0v) is 17.6. The summed E-state index contributed by atoms with van der Waals surface area (Å²) in [5.41, 5.74) is 1.71. The molecule has 0 bridgehead atoms. The quantitative estimate of drug-likeness (QED) is 0.279. The van der Waals surface area contributed by atoms with Gasteiger partial charge < -0.3 is 30.3 Å². The summed E-state index contributed by atoms with van der Waals surface area (Å²) in [5.74, 6) is -1.04. The van der Waals surface area contributed by atoms with Crippen molar-refractivity contribution >= 4 is 11.9 Å². The molecule has 30 heavy (non-hydrogen) atoms. The van der Waals surface area contributed by atoms with Crippen molar-refractivity contribution in [2.24, 2.45) is 0 Å². The molecule has 2 atom stereocenters. The molecule has 8 nitrogen and oxygen atoms in total. The minimum Gasteiger partial charge on any atom is -0.504 e. The van der Waals surface area contributed by atoms with E-state index in [1.807, 2.05) is 13.8 Å². The summed E-state index contributed by atoms with van der Waals surface area (Å²) in [5, 5.41) is 25.6. The average Bonchev–Trinajstić information content (AvgIpc) is 2.68. The van der Waals surface area contributed by atoms with Crippen LogP contribution in [0.15, 0.2) is 36.4 Å². The molecular weight excluding hydrogens is 388 g/mol. The zero-order chi connectivity index (χ0) is 22.3. The minimum atomic E-state index is -0.612. The summed E-state index contributed by atoms with van der Waals surface area (Å²) >= 11 is 0. The Labute approximate surface area is 175 Å². The number of carbonyl (C=O) groups is 2. The Hall–Kier alpha value is -3.10. The number of phenolic OH excluding ortho intramolecular Hbond substituents is 2. The second kappa shape index (κ2) is 10.6. The predicted octanol–water partition coefficient (Wildman–Crippen LogP) is 2.18. The number of benzene rings is 2. The minimum absolute atomic E-state index is 0.0934. The van der Waals surface area contributed by atoms with E-state index in [1.165, 1.54) is 24.3 Å². The van der Waals surface area contributed by atoms with E-state index in [0.29, 0.717) is 13.1 Å². The number of hydrogen-bond acceptors (Lipinski definition) is 8. The summed E-state index contributed by atoms with van der Waals surface area (Å²) < 4.78 is 10.4. The van der Waals surface area contributed by atoms with Gasteiger partial charge in [-0.3, -0.25) is 0 Å². The number of hydrogen-bond donors (Lipinski definition) is 4. The molecule has 8 heteroatoms. The van der Waals surface area contributed by atoms with E-state index in [4.69, 9.17) is 9.47 Å². The van der Waals surface area contributed by atoms with Crippen LogP contribution in [0.25, 0.3) is 0 Å². The van der Waals surface area contributed by atoms with Gasteiger partial charge in [-0.25, -0.2) is 9.59 Å². The van der Waals surface area contributed by atoms with E-state index >= 15 is 0 Å². The number of ether oxygens (including phenoxy) is 2. The molecule has 2 aromatic rings. The number of esters is 2. The fraction of sp³-hybridized carbons (Fsp3) is 0.364. The van der Waals surface area contributed by atoms with Gasteiger partial charge in [0.2, 0.25) is 0 Å². The molecule has 0 fully saturated rings. The van der Waals surface area contributed by atoms with Crippen molar-refractivity contribution in [3.05, 3.63) is 47.5 Å². The summed E-state index contributed by atoms with van der Waals surface area (Å²) in [6.07, 6.45) is 0. The van der Waals surface area contributed by atoms with Gasteiger partial charge in [-0.1, -0.05) is 12.1 Å². The summed E-state index contributed by atoms with van der Waals surface area (Å²) in [6, 6.07) is 8.36. The van der Waals surface area contributed by atoms with E-state index in [9.17, 15) is 19.8 Å². The Kier molecular flexibility index (Phi) is 8.20. The molecule has 0 radical (unpaired) electrons. The van der Waals surface area contributed by atoms with Gasteiger partial charge in [0.15, 0.2) is 23.0 Å². The number of aromatic hydroxyl groups is 2. The third kappa shape index (κ3) is 6.75. The molecule has 0 aliphatic heterocycles. The van der Waals surface area contributed by atoms with Crippen LogP contribution < -0.4 is 20.1 Å². The fourth-order valence-corrected chi connectivity index (χ4v) is 2.56. The summed E-state index contributed by atoms with van der Waals surface area (Å²) in [4.78, 5) is 24.3. The number of phenols is 2. The molecule has 0 saturated carbocycles. The van der Waals surface area contributed by atoms with Crippen LogP contribution in [-0.2, 0) is 9.59 Å². The maximum atomic E-state index is 12.1. The second-order valence-electron chi connectivity index (χ2n) is 7.14.